The SMILES string of the molecule is CC1=N[C@H]2C=C(OC3CCN(C(=O)OC(C)(C)C)CC3)C=C[C@H]2S1. The zero-order valence-corrected chi connectivity index (χ0v) is 15.6. The maximum atomic E-state index is 12.1. The highest BCUT2D eigenvalue weighted by atomic mass is 32.2. The normalized spacial score (nSPS) is 27.4. The molecule has 0 aromatic heterocycles. The number of fused-ring (bicyclic) bond motifs is 1. The van der Waals surface area contributed by atoms with Crippen LogP contribution >= 0.6 is 11.8 Å². The lowest BCUT2D eigenvalue weighted by atomic mass is 10.1. The third kappa shape index (κ3) is 4.35. The highest BCUT2D eigenvalue weighted by molar-refractivity contribution is 8.14. The highest BCUT2D eigenvalue weighted by Crippen LogP contribution is 2.33. The standard InChI is InChI=1S/C18H26N2O3S/c1-12-19-15-11-14(5-6-16(15)24-12)22-13-7-9-20(10-8-13)17(21)23-18(2,3)4/h5-6,11,13,15-16H,7-10H2,1-4H3/t15-,16+/m0/s1. The number of hydrogen-bond acceptors (Lipinski definition) is 5. The maximum absolute atomic E-state index is 12.1. The van der Waals surface area contributed by atoms with Gasteiger partial charge >= 0.3 is 6.09 Å². The first-order valence-corrected chi connectivity index (χ1v) is 9.44. The fourth-order valence-corrected chi connectivity index (χ4v) is 4.05. The van der Waals surface area contributed by atoms with Gasteiger partial charge in [0.25, 0.3) is 0 Å². The molecule has 132 valence electrons. The van der Waals surface area contributed by atoms with Crippen LogP contribution in [0, 0.1) is 0 Å². The Morgan fingerprint density at radius 2 is 2.04 bits per heavy atom. The second kappa shape index (κ2) is 6.82. The van der Waals surface area contributed by atoms with E-state index in [0.29, 0.717) is 18.3 Å². The Bertz CT molecular complexity index is 584. The van der Waals surface area contributed by atoms with Gasteiger partial charge in [0, 0.05) is 25.9 Å². The van der Waals surface area contributed by atoms with Crippen LogP contribution in [0.3, 0.4) is 0 Å². The van der Waals surface area contributed by atoms with Crippen LogP contribution in [0.1, 0.15) is 40.5 Å². The zero-order valence-electron chi connectivity index (χ0n) is 14.8. The fraction of sp³-hybridized carbons (Fsp3) is 0.667. The van der Waals surface area contributed by atoms with Crippen LogP contribution in [0.5, 0.6) is 0 Å². The first-order chi connectivity index (χ1) is 11.3. The zero-order chi connectivity index (χ0) is 17.3. The van der Waals surface area contributed by atoms with Gasteiger partial charge in [0.1, 0.15) is 17.5 Å². The largest absolute Gasteiger partial charge is 0.491 e. The number of amides is 1. The van der Waals surface area contributed by atoms with Crippen LogP contribution in [0.25, 0.3) is 0 Å². The monoisotopic (exact) mass is 350 g/mol. The van der Waals surface area contributed by atoms with Gasteiger partial charge in [0.05, 0.1) is 16.3 Å². The molecule has 1 aliphatic carbocycles. The summed E-state index contributed by atoms with van der Waals surface area (Å²) in [6, 6.07) is 0.205. The van der Waals surface area contributed by atoms with E-state index in [1.54, 1.807) is 4.90 Å². The first-order valence-electron chi connectivity index (χ1n) is 8.56. The molecule has 0 aromatic rings. The lowest BCUT2D eigenvalue weighted by Crippen LogP contribution is -2.43. The van der Waals surface area contributed by atoms with Crippen molar-refractivity contribution >= 4 is 22.9 Å². The molecule has 1 amide bonds. The number of allylic oxidation sites excluding steroid dienone is 1. The molecule has 0 saturated carbocycles. The molecular formula is C18H26N2O3S. The number of hydrogen-bond donors (Lipinski definition) is 0. The summed E-state index contributed by atoms with van der Waals surface area (Å²) in [6.45, 7) is 9.08. The Labute approximate surface area is 148 Å². The lowest BCUT2D eigenvalue weighted by Gasteiger charge is -2.34. The highest BCUT2D eigenvalue weighted by Gasteiger charge is 2.30. The predicted octanol–water partition coefficient (Wildman–Crippen LogP) is 3.76. The Morgan fingerprint density at radius 1 is 1.33 bits per heavy atom. The summed E-state index contributed by atoms with van der Waals surface area (Å²) >= 11 is 1.81. The molecular weight excluding hydrogens is 324 g/mol. The van der Waals surface area contributed by atoms with Gasteiger partial charge in [-0.1, -0.05) is 6.08 Å². The number of carbonyl (C=O) groups is 1. The average molecular weight is 350 g/mol. The molecule has 0 aromatic carbocycles. The van der Waals surface area contributed by atoms with Crippen molar-refractivity contribution in [3.05, 3.63) is 24.0 Å². The van der Waals surface area contributed by atoms with Crippen LogP contribution in [-0.2, 0) is 9.47 Å². The minimum absolute atomic E-state index is 0.148. The molecule has 6 heteroatoms. The smallest absolute Gasteiger partial charge is 0.410 e. The van der Waals surface area contributed by atoms with Gasteiger partial charge in [0.2, 0.25) is 0 Å². The molecule has 0 bridgehead atoms. The first kappa shape index (κ1) is 17.4. The summed E-state index contributed by atoms with van der Waals surface area (Å²) in [5.41, 5.74) is -0.448. The van der Waals surface area contributed by atoms with E-state index in [1.165, 1.54) is 0 Å². The Kier molecular flexibility index (Phi) is 4.95. The summed E-state index contributed by atoms with van der Waals surface area (Å²) < 4.78 is 11.5. The van der Waals surface area contributed by atoms with E-state index in [9.17, 15) is 4.79 Å². The molecule has 24 heavy (non-hydrogen) atoms. The number of likely N-dealkylation sites (tertiary alicyclic amines) is 1. The van der Waals surface area contributed by atoms with Crippen molar-refractivity contribution in [3.63, 3.8) is 0 Å². The fourth-order valence-electron chi connectivity index (χ4n) is 3.03. The summed E-state index contributed by atoms with van der Waals surface area (Å²) in [5.74, 6) is 0.908. The van der Waals surface area contributed by atoms with Gasteiger partial charge in [-0.05, 0) is 39.8 Å². The number of carbonyl (C=O) groups excluding carboxylic acids is 1. The molecule has 2 heterocycles. The molecule has 0 spiro atoms. The number of nitrogens with zero attached hydrogens (tertiary/aromatic N) is 2. The molecule has 5 nitrogen and oxygen atoms in total. The van der Waals surface area contributed by atoms with Gasteiger partial charge in [0.15, 0.2) is 0 Å². The van der Waals surface area contributed by atoms with Gasteiger partial charge in [-0.25, -0.2) is 4.79 Å². The molecule has 0 unspecified atom stereocenters. The summed E-state index contributed by atoms with van der Waals surface area (Å²) in [4.78, 5) is 18.5. The number of piperidine rings is 1. The number of rotatable bonds is 2. The van der Waals surface area contributed by atoms with Gasteiger partial charge in [-0.3, -0.25) is 4.99 Å². The van der Waals surface area contributed by atoms with E-state index >= 15 is 0 Å². The van der Waals surface area contributed by atoms with Crippen LogP contribution in [0.4, 0.5) is 4.79 Å². The van der Waals surface area contributed by atoms with Crippen LogP contribution in [0.2, 0.25) is 0 Å². The van der Waals surface area contributed by atoms with E-state index in [2.05, 4.69) is 30.1 Å². The topological polar surface area (TPSA) is 51.1 Å². The summed E-state index contributed by atoms with van der Waals surface area (Å²) in [5, 5.41) is 1.56. The maximum Gasteiger partial charge on any atom is 0.410 e. The number of aliphatic imine (C=N–C) groups is 1. The molecule has 2 atom stereocenters. The number of thioether (sulfide) groups is 1. The predicted molar refractivity (Wildman–Crippen MR) is 97.4 cm³/mol. The van der Waals surface area contributed by atoms with Gasteiger partial charge < -0.3 is 14.4 Å². The van der Waals surface area contributed by atoms with E-state index in [4.69, 9.17) is 9.47 Å². The molecule has 3 aliphatic rings. The van der Waals surface area contributed by atoms with Gasteiger partial charge in [-0.15, -0.1) is 11.8 Å². The van der Waals surface area contributed by atoms with E-state index < -0.39 is 5.60 Å². The van der Waals surface area contributed by atoms with Crippen molar-refractivity contribution in [2.24, 2.45) is 4.99 Å². The molecule has 0 radical (unpaired) electrons. The Hall–Kier alpha value is -1.43. The van der Waals surface area contributed by atoms with Crippen LogP contribution in [-0.4, -0.2) is 52.1 Å². The minimum atomic E-state index is -0.448. The van der Waals surface area contributed by atoms with Crippen LogP contribution in [0.15, 0.2) is 29.0 Å². The third-order valence-electron chi connectivity index (χ3n) is 4.16. The van der Waals surface area contributed by atoms with Crippen molar-refractivity contribution in [1.82, 2.24) is 4.90 Å². The van der Waals surface area contributed by atoms with E-state index in [0.717, 1.165) is 23.6 Å². The Morgan fingerprint density at radius 3 is 2.71 bits per heavy atom. The second-order valence-electron chi connectivity index (χ2n) is 7.43. The number of ether oxygens (including phenoxy) is 2. The van der Waals surface area contributed by atoms with Gasteiger partial charge in [-0.2, -0.15) is 0 Å². The molecule has 0 N–H and O–H groups in total. The van der Waals surface area contributed by atoms with Crippen molar-refractivity contribution in [2.45, 2.75) is 63.5 Å². The molecule has 1 saturated heterocycles. The third-order valence-corrected chi connectivity index (χ3v) is 5.31. The van der Waals surface area contributed by atoms with E-state index in [1.807, 2.05) is 32.5 Å². The second-order valence-corrected chi connectivity index (χ2v) is 8.80. The molecule has 3 rings (SSSR count). The van der Waals surface area contributed by atoms with Crippen molar-refractivity contribution in [3.8, 4) is 0 Å². The van der Waals surface area contributed by atoms with Crippen molar-refractivity contribution in [2.75, 3.05) is 13.1 Å². The lowest BCUT2D eigenvalue weighted by molar-refractivity contribution is 0.00540. The molecule has 1 fully saturated rings. The Balaban J connectivity index is 1.49. The van der Waals surface area contributed by atoms with E-state index in [-0.39, 0.29) is 18.2 Å². The summed E-state index contributed by atoms with van der Waals surface area (Å²) in [6.07, 6.45) is 7.94. The summed E-state index contributed by atoms with van der Waals surface area (Å²) in [7, 11) is 0. The van der Waals surface area contributed by atoms with Crippen LogP contribution < -0.4 is 0 Å². The van der Waals surface area contributed by atoms with Crippen molar-refractivity contribution < 1.29 is 14.3 Å². The quantitative estimate of drug-likeness (QED) is 0.761. The van der Waals surface area contributed by atoms with Crippen molar-refractivity contribution in [1.29, 1.82) is 0 Å². The minimum Gasteiger partial charge on any atom is -0.491 e. The average Bonchev–Trinajstić information content (AvgIpc) is 2.85. The molecule has 2 aliphatic heterocycles.